The normalized spacial score (nSPS) is 25.7. The third-order valence-corrected chi connectivity index (χ3v) is 3.46. The monoisotopic (exact) mass is 256 g/mol. The molecule has 96 valence electrons. The molecule has 2 unspecified atom stereocenters. The highest BCUT2D eigenvalue weighted by molar-refractivity contribution is 5.71. The fourth-order valence-corrected chi connectivity index (χ4v) is 2.30. The maximum atomic E-state index is 13.2. The maximum Gasteiger partial charge on any atom is 0.142 e. The van der Waals surface area contributed by atoms with Crippen LogP contribution in [-0.2, 0) is 0 Å². The number of halogens is 2. The van der Waals surface area contributed by atoms with Crippen LogP contribution in [0.5, 0.6) is 0 Å². The Kier molecular flexibility index (Phi) is 3.16. The first kappa shape index (κ1) is 12.1. The molecule has 1 saturated carbocycles. The number of benzene rings is 2. The van der Waals surface area contributed by atoms with Crippen molar-refractivity contribution >= 4 is 12.2 Å². The van der Waals surface area contributed by atoms with Crippen LogP contribution in [0.4, 0.5) is 8.78 Å². The van der Waals surface area contributed by atoms with Crippen LogP contribution in [0.15, 0.2) is 54.6 Å². The van der Waals surface area contributed by atoms with Gasteiger partial charge in [0.1, 0.15) is 12.3 Å². The second-order valence-electron chi connectivity index (χ2n) is 4.79. The minimum absolute atomic E-state index is 0.586. The Balaban J connectivity index is 1.88. The summed E-state index contributed by atoms with van der Waals surface area (Å²) in [7, 11) is 0. The zero-order valence-corrected chi connectivity index (χ0v) is 10.3. The van der Waals surface area contributed by atoms with Crippen LogP contribution < -0.4 is 0 Å². The van der Waals surface area contributed by atoms with Gasteiger partial charge in [0, 0.05) is 0 Å². The molecule has 0 spiro atoms. The van der Waals surface area contributed by atoms with Crippen molar-refractivity contribution in [3.63, 3.8) is 0 Å². The zero-order valence-electron chi connectivity index (χ0n) is 10.3. The van der Waals surface area contributed by atoms with Crippen molar-refractivity contribution in [1.29, 1.82) is 0 Å². The van der Waals surface area contributed by atoms with Crippen LogP contribution in [0.3, 0.4) is 0 Å². The first-order valence-electron chi connectivity index (χ1n) is 6.37. The number of hydrogen-bond acceptors (Lipinski definition) is 0. The quantitative estimate of drug-likeness (QED) is 0.702. The first-order valence-corrected chi connectivity index (χ1v) is 6.37. The summed E-state index contributed by atoms with van der Waals surface area (Å²) in [6.45, 7) is 0. The SMILES string of the molecule is FC1C(F)C1c1ccccc1C=Cc1ccccc1. The molecule has 2 heteroatoms. The minimum atomic E-state index is -1.34. The highest BCUT2D eigenvalue weighted by atomic mass is 19.2. The van der Waals surface area contributed by atoms with E-state index in [4.69, 9.17) is 0 Å². The first-order chi connectivity index (χ1) is 9.27. The molecule has 1 aliphatic carbocycles. The Bertz CT molecular complexity index is 581. The van der Waals surface area contributed by atoms with Crippen molar-refractivity contribution in [2.75, 3.05) is 0 Å². The van der Waals surface area contributed by atoms with E-state index >= 15 is 0 Å². The summed E-state index contributed by atoms with van der Waals surface area (Å²) in [5.74, 6) is -0.586. The lowest BCUT2D eigenvalue weighted by Crippen LogP contribution is -1.88. The fourth-order valence-electron chi connectivity index (χ4n) is 2.30. The van der Waals surface area contributed by atoms with Gasteiger partial charge < -0.3 is 0 Å². The molecule has 0 aliphatic heterocycles. The Labute approximate surface area is 111 Å². The van der Waals surface area contributed by atoms with Crippen molar-refractivity contribution < 1.29 is 8.78 Å². The highest BCUT2D eigenvalue weighted by Crippen LogP contribution is 2.47. The van der Waals surface area contributed by atoms with Crippen LogP contribution in [0, 0.1) is 0 Å². The molecule has 0 bridgehead atoms. The third kappa shape index (κ3) is 2.43. The predicted octanol–water partition coefficient (Wildman–Crippen LogP) is 4.63. The Morgan fingerprint density at radius 3 is 2.05 bits per heavy atom. The van der Waals surface area contributed by atoms with Gasteiger partial charge in [0.2, 0.25) is 0 Å². The standard InChI is InChI=1S/C17H14F2/c18-16-15(17(16)19)14-9-5-4-8-13(14)11-10-12-6-2-1-3-7-12/h1-11,15-17H. The van der Waals surface area contributed by atoms with E-state index in [1.165, 1.54) is 0 Å². The van der Waals surface area contributed by atoms with Gasteiger partial charge in [-0.05, 0) is 16.7 Å². The van der Waals surface area contributed by atoms with Gasteiger partial charge in [0.25, 0.3) is 0 Å². The fraction of sp³-hybridized carbons (Fsp3) is 0.176. The van der Waals surface area contributed by atoms with Gasteiger partial charge in [0.15, 0.2) is 0 Å². The van der Waals surface area contributed by atoms with E-state index in [0.29, 0.717) is 0 Å². The van der Waals surface area contributed by atoms with E-state index in [1.807, 2.05) is 66.7 Å². The van der Waals surface area contributed by atoms with Gasteiger partial charge >= 0.3 is 0 Å². The average molecular weight is 256 g/mol. The third-order valence-electron chi connectivity index (χ3n) is 3.46. The molecule has 0 radical (unpaired) electrons. The molecule has 3 rings (SSSR count). The Morgan fingerprint density at radius 1 is 0.737 bits per heavy atom. The summed E-state index contributed by atoms with van der Waals surface area (Å²) in [6.07, 6.45) is 1.20. The van der Waals surface area contributed by atoms with E-state index in [9.17, 15) is 8.78 Å². The van der Waals surface area contributed by atoms with E-state index in [2.05, 4.69) is 0 Å². The molecule has 2 atom stereocenters. The highest BCUT2D eigenvalue weighted by Gasteiger charge is 2.53. The Morgan fingerprint density at radius 2 is 1.37 bits per heavy atom. The van der Waals surface area contributed by atoms with E-state index in [1.54, 1.807) is 0 Å². The summed E-state index contributed by atoms with van der Waals surface area (Å²) in [5, 5.41) is 0. The molecule has 0 nitrogen and oxygen atoms in total. The average Bonchev–Trinajstić information content (AvgIpc) is 3.05. The number of hydrogen-bond donors (Lipinski definition) is 0. The Hall–Kier alpha value is -1.96. The summed E-state index contributed by atoms with van der Waals surface area (Å²) < 4.78 is 26.4. The smallest absolute Gasteiger partial charge is 0.142 e. The second kappa shape index (κ2) is 4.96. The van der Waals surface area contributed by atoms with Crippen molar-refractivity contribution in [3.8, 4) is 0 Å². The second-order valence-corrected chi connectivity index (χ2v) is 4.79. The van der Waals surface area contributed by atoms with E-state index in [-0.39, 0.29) is 0 Å². The van der Waals surface area contributed by atoms with E-state index < -0.39 is 18.3 Å². The molecule has 1 aliphatic rings. The van der Waals surface area contributed by atoms with Crippen molar-refractivity contribution in [2.24, 2.45) is 0 Å². The summed E-state index contributed by atoms with van der Waals surface area (Å²) in [4.78, 5) is 0. The summed E-state index contributed by atoms with van der Waals surface area (Å²) in [6, 6.07) is 17.3. The van der Waals surface area contributed by atoms with Gasteiger partial charge in [-0.1, -0.05) is 66.7 Å². The summed E-state index contributed by atoms with van der Waals surface area (Å²) in [5.41, 5.74) is 2.72. The van der Waals surface area contributed by atoms with E-state index in [0.717, 1.165) is 16.7 Å². The molecule has 19 heavy (non-hydrogen) atoms. The molecular weight excluding hydrogens is 242 g/mol. The number of rotatable bonds is 3. The molecule has 0 amide bonds. The molecule has 2 aromatic rings. The number of alkyl halides is 2. The van der Waals surface area contributed by atoms with Crippen molar-refractivity contribution in [3.05, 3.63) is 71.3 Å². The van der Waals surface area contributed by atoms with Crippen LogP contribution in [-0.4, -0.2) is 12.3 Å². The van der Waals surface area contributed by atoms with Gasteiger partial charge in [0.05, 0.1) is 5.92 Å². The van der Waals surface area contributed by atoms with Crippen LogP contribution in [0.1, 0.15) is 22.6 Å². The van der Waals surface area contributed by atoms with Crippen molar-refractivity contribution in [2.45, 2.75) is 18.3 Å². The van der Waals surface area contributed by atoms with Gasteiger partial charge in [-0.15, -0.1) is 0 Å². The van der Waals surface area contributed by atoms with Gasteiger partial charge in [-0.2, -0.15) is 0 Å². The minimum Gasteiger partial charge on any atom is -0.243 e. The van der Waals surface area contributed by atoms with Gasteiger partial charge in [-0.25, -0.2) is 8.78 Å². The molecule has 2 aromatic carbocycles. The van der Waals surface area contributed by atoms with Crippen LogP contribution in [0.25, 0.3) is 12.2 Å². The largest absolute Gasteiger partial charge is 0.243 e. The topological polar surface area (TPSA) is 0 Å². The van der Waals surface area contributed by atoms with Gasteiger partial charge in [-0.3, -0.25) is 0 Å². The lowest BCUT2D eigenvalue weighted by atomic mass is 10.0. The lowest BCUT2D eigenvalue weighted by Gasteiger charge is -2.03. The molecule has 0 saturated heterocycles. The van der Waals surface area contributed by atoms with Crippen LogP contribution >= 0.6 is 0 Å². The molecule has 0 aromatic heterocycles. The molecule has 1 fully saturated rings. The van der Waals surface area contributed by atoms with Crippen LogP contribution in [0.2, 0.25) is 0 Å². The van der Waals surface area contributed by atoms with Crippen molar-refractivity contribution in [1.82, 2.24) is 0 Å². The lowest BCUT2D eigenvalue weighted by molar-refractivity contribution is 0.372. The maximum absolute atomic E-state index is 13.2. The molecule has 0 heterocycles. The molecular formula is C17H14F2. The molecule has 0 N–H and O–H groups in total. The predicted molar refractivity (Wildman–Crippen MR) is 74.3 cm³/mol. The zero-order chi connectivity index (χ0) is 13.2. The summed E-state index contributed by atoms with van der Waals surface area (Å²) >= 11 is 0.